The fraction of sp³-hybridized carbons (Fsp3) is 0.850. The van der Waals surface area contributed by atoms with Crippen molar-refractivity contribution in [2.24, 2.45) is 0 Å². The number of aliphatic hydroxyl groups excluding tert-OH is 2. The lowest BCUT2D eigenvalue weighted by molar-refractivity contribution is -0.154. The molecular formula is C20H36O4. The Bertz CT molecular complexity index is 372. The summed E-state index contributed by atoms with van der Waals surface area (Å²) in [7, 11) is 0. The van der Waals surface area contributed by atoms with Gasteiger partial charge in [0.15, 0.2) is 5.60 Å². The maximum atomic E-state index is 11.7. The van der Waals surface area contributed by atoms with E-state index in [4.69, 9.17) is 4.74 Å². The van der Waals surface area contributed by atoms with Gasteiger partial charge in [-0.2, -0.15) is 0 Å². The van der Waals surface area contributed by atoms with Gasteiger partial charge in [0.05, 0.1) is 13.2 Å². The third kappa shape index (κ3) is 7.80. The molecule has 0 aromatic carbocycles. The summed E-state index contributed by atoms with van der Waals surface area (Å²) in [6.45, 7) is 1.59. The first-order chi connectivity index (χ1) is 11.7. The van der Waals surface area contributed by atoms with Crippen molar-refractivity contribution < 1.29 is 19.7 Å². The van der Waals surface area contributed by atoms with Crippen LogP contribution in [-0.2, 0) is 9.53 Å². The third-order valence-corrected chi connectivity index (χ3v) is 4.86. The first-order valence-corrected chi connectivity index (χ1v) is 9.81. The van der Waals surface area contributed by atoms with E-state index in [0.717, 1.165) is 12.8 Å². The van der Waals surface area contributed by atoms with Crippen LogP contribution in [0.1, 0.15) is 90.4 Å². The summed E-state index contributed by atoms with van der Waals surface area (Å²) in [5, 5.41) is 18.5. The maximum absolute atomic E-state index is 11.7. The van der Waals surface area contributed by atoms with Crippen LogP contribution in [-0.4, -0.2) is 35.0 Å². The molecule has 0 amide bonds. The zero-order chi connectivity index (χ0) is 17.7. The van der Waals surface area contributed by atoms with E-state index in [1.54, 1.807) is 0 Å². The number of esters is 1. The molecule has 1 rings (SSSR count). The molecule has 2 N–H and O–H groups in total. The van der Waals surface area contributed by atoms with Crippen molar-refractivity contribution in [1.82, 2.24) is 0 Å². The van der Waals surface area contributed by atoms with Gasteiger partial charge >= 0.3 is 5.97 Å². The van der Waals surface area contributed by atoms with Gasteiger partial charge in [0.1, 0.15) is 0 Å². The van der Waals surface area contributed by atoms with Gasteiger partial charge in [-0.25, -0.2) is 4.79 Å². The van der Waals surface area contributed by atoms with Crippen LogP contribution in [0.5, 0.6) is 0 Å². The summed E-state index contributed by atoms with van der Waals surface area (Å²) in [6, 6.07) is 0. The van der Waals surface area contributed by atoms with Crippen LogP contribution in [0.25, 0.3) is 0 Å². The molecule has 1 aliphatic rings. The van der Waals surface area contributed by atoms with Gasteiger partial charge in [0, 0.05) is 12.0 Å². The number of allylic oxidation sites excluding steroid dienone is 1. The van der Waals surface area contributed by atoms with Crippen molar-refractivity contribution >= 4 is 5.97 Å². The van der Waals surface area contributed by atoms with Crippen LogP contribution in [0.3, 0.4) is 0 Å². The van der Waals surface area contributed by atoms with Gasteiger partial charge in [0.2, 0.25) is 0 Å². The van der Waals surface area contributed by atoms with Crippen molar-refractivity contribution in [2.75, 3.05) is 13.2 Å². The third-order valence-electron chi connectivity index (χ3n) is 4.86. The smallest absolute Gasteiger partial charge is 0.334 e. The zero-order valence-electron chi connectivity index (χ0n) is 15.4. The van der Waals surface area contributed by atoms with Crippen molar-refractivity contribution in [3.05, 3.63) is 11.6 Å². The molecule has 0 radical (unpaired) electrons. The van der Waals surface area contributed by atoms with Crippen LogP contribution < -0.4 is 0 Å². The van der Waals surface area contributed by atoms with Gasteiger partial charge in [-0.1, -0.05) is 77.2 Å². The second-order valence-electron chi connectivity index (χ2n) is 7.12. The maximum Gasteiger partial charge on any atom is 0.334 e. The predicted octanol–water partition coefficient (Wildman–Crippen LogP) is 4.28. The van der Waals surface area contributed by atoms with Crippen molar-refractivity contribution in [3.8, 4) is 0 Å². The molecule has 0 atom stereocenters. The molecule has 0 saturated carbocycles. The van der Waals surface area contributed by atoms with Gasteiger partial charge in [-0.05, 0) is 12.8 Å². The lowest BCUT2D eigenvalue weighted by Gasteiger charge is -2.21. The first kappa shape index (κ1) is 21.2. The molecule has 1 heterocycles. The number of unbranched alkanes of at least 4 members (excludes halogenated alkanes) is 11. The molecule has 4 heteroatoms. The van der Waals surface area contributed by atoms with Crippen LogP contribution in [0, 0.1) is 0 Å². The Morgan fingerprint density at radius 3 is 1.88 bits per heavy atom. The minimum Gasteiger partial charge on any atom is -0.450 e. The van der Waals surface area contributed by atoms with E-state index in [-0.39, 0.29) is 19.2 Å². The highest BCUT2D eigenvalue weighted by Crippen LogP contribution is 2.30. The van der Waals surface area contributed by atoms with Crippen molar-refractivity contribution in [1.29, 1.82) is 0 Å². The lowest BCUT2D eigenvalue weighted by Crippen LogP contribution is -2.37. The number of hydrogen-bond acceptors (Lipinski definition) is 4. The van der Waals surface area contributed by atoms with E-state index < -0.39 is 5.60 Å². The Morgan fingerprint density at radius 1 is 0.917 bits per heavy atom. The quantitative estimate of drug-likeness (QED) is 0.281. The molecule has 24 heavy (non-hydrogen) atoms. The fourth-order valence-corrected chi connectivity index (χ4v) is 3.18. The standard InChI is InChI=1S/C20H36O4/c1-2-3-4-5-6-7-8-9-10-11-12-13-14-18-15-20(16-21,17-22)24-19(18)23/h14,21-22H,2-13,15-17H2,1H3/b18-14-. The van der Waals surface area contributed by atoms with E-state index in [9.17, 15) is 15.0 Å². The molecular weight excluding hydrogens is 304 g/mol. The predicted molar refractivity (Wildman–Crippen MR) is 96.8 cm³/mol. The van der Waals surface area contributed by atoms with E-state index in [1.165, 1.54) is 64.2 Å². The Kier molecular flexibility index (Phi) is 11.0. The Hall–Kier alpha value is -0.870. The van der Waals surface area contributed by atoms with Gasteiger partial charge in [0.25, 0.3) is 0 Å². The molecule has 140 valence electrons. The van der Waals surface area contributed by atoms with Gasteiger partial charge < -0.3 is 14.9 Å². The summed E-state index contributed by atoms with van der Waals surface area (Å²) in [6.07, 6.45) is 17.5. The lowest BCUT2D eigenvalue weighted by atomic mass is 9.98. The number of carbonyl (C=O) groups excluding carboxylic acids is 1. The number of carbonyl (C=O) groups is 1. The topological polar surface area (TPSA) is 66.8 Å². The summed E-state index contributed by atoms with van der Waals surface area (Å²) >= 11 is 0. The van der Waals surface area contributed by atoms with Crippen LogP contribution in [0.15, 0.2) is 11.6 Å². The molecule has 1 saturated heterocycles. The molecule has 0 aromatic heterocycles. The first-order valence-electron chi connectivity index (χ1n) is 9.81. The van der Waals surface area contributed by atoms with E-state index in [2.05, 4.69) is 6.92 Å². The van der Waals surface area contributed by atoms with Crippen molar-refractivity contribution in [2.45, 2.75) is 96.0 Å². The van der Waals surface area contributed by atoms with Gasteiger partial charge in [-0.15, -0.1) is 0 Å². The van der Waals surface area contributed by atoms with Crippen molar-refractivity contribution in [3.63, 3.8) is 0 Å². The molecule has 0 aliphatic carbocycles. The highest BCUT2D eigenvalue weighted by molar-refractivity contribution is 5.91. The second kappa shape index (κ2) is 12.5. The largest absolute Gasteiger partial charge is 0.450 e. The molecule has 0 aromatic rings. The zero-order valence-corrected chi connectivity index (χ0v) is 15.4. The average molecular weight is 341 g/mol. The molecule has 0 spiro atoms. The molecule has 4 nitrogen and oxygen atoms in total. The monoisotopic (exact) mass is 340 g/mol. The average Bonchev–Trinajstić information content (AvgIpc) is 2.92. The summed E-state index contributed by atoms with van der Waals surface area (Å²) in [5.74, 6) is -0.388. The number of aliphatic hydroxyl groups is 2. The normalized spacial score (nSPS) is 18.3. The summed E-state index contributed by atoms with van der Waals surface area (Å²) in [4.78, 5) is 11.7. The number of cyclic esters (lactones) is 1. The van der Waals surface area contributed by atoms with Crippen LogP contribution in [0.2, 0.25) is 0 Å². The SMILES string of the molecule is CCCCCCCCCCCCC/C=C1/CC(CO)(CO)OC1=O. The van der Waals surface area contributed by atoms with E-state index in [0.29, 0.717) is 12.0 Å². The molecule has 0 bridgehead atoms. The van der Waals surface area contributed by atoms with Gasteiger partial charge in [-0.3, -0.25) is 0 Å². The fourth-order valence-electron chi connectivity index (χ4n) is 3.18. The number of hydrogen-bond donors (Lipinski definition) is 2. The Morgan fingerprint density at radius 2 is 1.42 bits per heavy atom. The van der Waals surface area contributed by atoms with Crippen LogP contribution >= 0.6 is 0 Å². The van der Waals surface area contributed by atoms with E-state index in [1.807, 2.05) is 6.08 Å². The number of rotatable bonds is 14. The Balaban J connectivity index is 2.01. The van der Waals surface area contributed by atoms with E-state index >= 15 is 0 Å². The second-order valence-corrected chi connectivity index (χ2v) is 7.12. The summed E-state index contributed by atoms with van der Waals surface area (Å²) < 4.78 is 5.11. The summed E-state index contributed by atoms with van der Waals surface area (Å²) in [5.41, 5.74) is -0.495. The number of ether oxygens (including phenoxy) is 1. The minimum absolute atomic E-state index is 0.316. The minimum atomic E-state index is -1.10. The van der Waals surface area contributed by atoms with Crippen LogP contribution in [0.4, 0.5) is 0 Å². The molecule has 1 aliphatic heterocycles. The molecule has 0 unspecified atom stereocenters. The highest BCUT2D eigenvalue weighted by Gasteiger charge is 2.42. The highest BCUT2D eigenvalue weighted by atomic mass is 16.6. The molecule has 1 fully saturated rings. The Labute approximate surface area is 147 Å².